The summed E-state index contributed by atoms with van der Waals surface area (Å²) in [4.78, 5) is 0. The third kappa shape index (κ3) is 3.93. The molecule has 1 atom stereocenters. The predicted octanol–water partition coefficient (Wildman–Crippen LogP) is 5.55. The largest absolute Gasteiger partial charge is 0.310 e. The van der Waals surface area contributed by atoms with Gasteiger partial charge in [-0.3, -0.25) is 0 Å². The van der Waals surface area contributed by atoms with Gasteiger partial charge in [0.25, 0.3) is 0 Å². The summed E-state index contributed by atoms with van der Waals surface area (Å²) in [6.07, 6.45) is 0.740. The fraction of sp³-hybridized carbons (Fsp3) is 0.294. The van der Waals surface area contributed by atoms with Crippen molar-refractivity contribution in [1.82, 2.24) is 5.32 Å². The number of likely N-dealkylation sites (N-methyl/N-ethyl adjacent to an activating group) is 1. The fourth-order valence-electron chi connectivity index (χ4n) is 2.47. The van der Waals surface area contributed by atoms with Crippen molar-refractivity contribution in [1.29, 1.82) is 0 Å². The number of rotatable bonds is 5. The van der Waals surface area contributed by atoms with E-state index in [-0.39, 0.29) is 11.9 Å². The Morgan fingerprint density at radius 1 is 1.14 bits per heavy atom. The van der Waals surface area contributed by atoms with Gasteiger partial charge in [0.05, 0.1) is 4.47 Å². The van der Waals surface area contributed by atoms with Crippen LogP contribution in [0, 0.1) is 12.7 Å². The molecule has 0 saturated heterocycles. The number of halogens is 3. The Bertz CT molecular complexity index is 628. The molecule has 0 aliphatic carbocycles. The summed E-state index contributed by atoms with van der Waals surface area (Å²) < 4.78 is 15.3. The topological polar surface area (TPSA) is 12.0 Å². The SMILES string of the molecule is CCNC(Cc1cccc(F)c1Br)c1cccc(Br)c1C. The van der Waals surface area contributed by atoms with E-state index < -0.39 is 0 Å². The van der Waals surface area contributed by atoms with Crippen molar-refractivity contribution in [3.8, 4) is 0 Å². The third-order valence-corrected chi connectivity index (χ3v) is 5.34. The Morgan fingerprint density at radius 2 is 1.86 bits per heavy atom. The zero-order chi connectivity index (χ0) is 15.4. The summed E-state index contributed by atoms with van der Waals surface area (Å²) in [5.41, 5.74) is 3.43. The molecule has 0 bridgehead atoms. The van der Waals surface area contributed by atoms with Crippen LogP contribution in [0.15, 0.2) is 45.3 Å². The van der Waals surface area contributed by atoms with Crippen LogP contribution < -0.4 is 5.32 Å². The van der Waals surface area contributed by atoms with Gasteiger partial charge >= 0.3 is 0 Å². The van der Waals surface area contributed by atoms with Crippen LogP contribution in [0.1, 0.15) is 29.7 Å². The first-order chi connectivity index (χ1) is 10.0. The number of hydrogen-bond donors (Lipinski definition) is 1. The normalized spacial score (nSPS) is 12.4. The minimum atomic E-state index is -0.214. The molecule has 2 rings (SSSR count). The maximum atomic E-state index is 13.7. The van der Waals surface area contributed by atoms with E-state index in [0.29, 0.717) is 4.47 Å². The first-order valence-electron chi connectivity index (χ1n) is 6.95. The van der Waals surface area contributed by atoms with Gasteiger partial charge in [0, 0.05) is 10.5 Å². The summed E-state index contributed by atoms with van der Waals surface area (Å²) in [6.45, 7) is 5.05. The maximum Gasteiger partial charge on any atom is 0.137 e. The minimum Gasteiger partial charge on any atom is -0.310 e. The molecule has 1 unspecified atom stereocenters. The monoisotopic (exact) mass is 413 g/mol. The Morgan fingerprint density at radius 3 is 2.57 bits per heavy atom. The van der Waals surface area contributed by atoms with E-state index in [9.17, 15) is 4.39 Å². The van der Waals surface area contributed by atoms with Crippen molar-refractivity contribution in [3.63, 3.8) is 0 Å². The molecule has 0 aliphatic heterocycles. The molecule has 0 aliphatic rings. The molecule has 4 heteroatoms. The number of nitrogens with one attached hydrogen (secondary N) is 1. The summed E-state index contributed by atoms with van der Waals surface area (Å²) in [5.74, 6) is -0.214. The zero-order valence-corrected chi connectivity index (χ0v) is 15.3. The lowest BCUT2D eigenvalue weighted by Crippen LogP contribution is -2.24. The molecule has 0 radical (unpaired) electrons. The van der Waals surface area contributed by atoms with Crippen LogP contribution >= 0.6 is 31.9 Å². The maximum absolute atomic E-state index is 13.7. The lowest BCUT2D eigenvalue weighted by molar-refractivity contribution is 0.542. The van der Waals surface area contributed by atoms with Crippen molar-refractivity contribution < 1.29 is 4.39 Å². The molecule has 0 fully saturated rings. The second kappa shape index (κ2) is 7.52. The van der Waals surface area contributed by atoms with Gasteiger partial charge in [-0.2, -0.15) is 0 Å². The van der Waals surface area contributed by atoms with Crippen LogP contribution in [0.2, 0.25) is 0 Å². The first kappa shape index (κ1) is 16.7. The van der Waals surface area contributed by atoms with Crippen molar-refractivity contribution >= 4 is 31.9 Å². The van der Waals surface area contributed by atoms with Gasteiger partial charge in [-0.25, -0.2) is 4.39 Å². The van der Waals surface area contributed by atoms with Gasteiger partial charge in [0.15, 0.2) is 0 Å². The third-order valence-electron chi connectivity index (χ3n) is 3.59. The Hall–Kier alpha value is -0.710. The summed E-state index contributed by atoms with van der Waals surface area (Å²) in [5, 5.41) is 3.50. The quantitative estimate of drug-likeness (QED) is 0.675. The average Bonchev–Trinajstić information content (AvgIpc) is 2.46. The van der Waals surface area contributed by atoms with E-state index in [1.807, 2.05) is 18.2 Å². The van der Waals surface area contributed by atoms with Gasteiger partial charge < -0.3 is 5.32 Å². The van der Waals surface area contributed by atoms with Crippen molar-refractivity contribution in [2.75, 3.05) is 6.54 Å². The zero-order valence-electron chi connectivity index (χ0n) is 12.1. The number of hydrogen-bond acceptors (Lipinski definition) is 1. The average molecular weight is 415 g/mol. The highest BCUT2D eigenvalue weighted by atomic mass is 79.9. The van der Waals surface area contributed by atoms with E-state index in [0.717, 1.165) is 23.0 Å². The molecular formula is C17H18Br2FN. The Balaban J connectivity index is 2.35. The molecule has 1 nitrogen and oxygen atoms in total. The Kier molecular flexibility index (Phi) is 5.97. The smallest absolute Gasteiger partial charge is 0.137 e. The van der Waals surface area contributed by atoms with Crippen molar-refractivity contribution in [2.45, 2.75) is 26.3 Å². The van der Waals surface area contributed by atoms with Crippen LogP contribution in [0.25, 0.3) is 0 Å². The van der Waals surface area contributed by atoms with Crippen LogP contribution in [-0.4, -0.2) is 6.54 Å². The van der Waals surface area contributed by atoms with Crippen LogP contribution in [0.3, 0.4) is 0 Å². The Labute approximate surface area is 142 Å². The van der Waals surface area contributed by atoms with Crippen LogP contribution in [-0.2, 0) is 6.42 Å². The van der Waals surface area contributed by atoms with E-state index in [4.69, 9.17) is 0 Å². The minimum absolute atomic E-state index is 0.158. The molecular weight excluding hydrogens is 397 g/mol. The van der Waals surface area contributed by atoms with Gasteiger partial charge in [-0.15, -0.1) is 0 Å². The molecule has 2 aromatic carbocycles. The summed E-state index contributed by atoms with van der Waals surface area (Å²) in [7, 11) is 0. The molecule has 0 spiro atoms. The van der Waals surface area contributed by atoms with Crippen LogP contribution in [0.4, 0.5) is 4.39 Å². The van der Waals surface area contributed by atoms with Crippen molar-refractivity contribution in [3.05, 3.63) is 67.9 Å². The predicted molar refractivity (Wildman–Crippen MR) is 93.1 cm³/mol. The van der Waals surface area contributed by atoms with Gasteiger partial charge in [-0.1, -0.05) is 47.1 Å². The van der Waals surface area contributed by atoms with E-state index >= 15 is 0 Å². The first-order valence-corrected chi connectivity index (χ1v) is 8.54. The second-order valence-corrected chi connectivity index (χ2v) is 6.63. The molecule has 0 heterocycles. The van der Waals surface area contributed by atoms with E-state index in [2.05, 4.69) is 57.1 Å². The summed E-state index contributed by atoms with van der Waals surface area (Å²) >= 11 is 6.93. The molecule has 0 amide bonds. The van der Waals surface area contributed by atoms with E-state index in [1.54, 1.807) is 6.07 Å². The highest BCUT2D eigenvalue weighted by molar-refractivity contribution is 9.10. The second-order valence-electron chi connectivity index (χ2n) is 4.98. The molecule has 112 valence electrons. The lowest BCUT2D eigenvalue weighted by atomic mass is 9.95. The lowest BCUT2D eigenvalue weighted by Gasteiger charge is -2.22. The number of benzene rings is 2. The highest BCUT2D eigenvalue weighted by Gasteiger charge is 2.17. The van der Waals surface area contributed by atoms with Gasteiger partial charge in [0.2, 0.25) is 0 Å². The van der Waals surface area contributed by atoms with Gasteiger partial charge in [0.1, 0.15) is 5.82 Å². The van der Waals surface area contributed by atoms with Crippen molar-refractivity contribution in [2.24, 2.45) is 0 Å². The van der Waals surface area contributed by atoms with Gasteiger partial charge in [-0.05, 0) is 64.6 Å². The highest BCUT2D eigenvalue weighted by Crippen LogP contribution is 2.29. The van der Waals surface area contributed by atoms with E-state index in [1.165, 1.54) is 17.2 Å². The molecule has 2 aromatic rings. The molecule has 0 aromatic heterocycles. The fourth-order valence-corrected chi connectivity index (χ4v) is 3.27. The standard InChI is InChI=1S/C17H18Br2FN/c1-3-21-16(13-7-5-8-14(18)11(13)2)10-12-6-4-9-15(20)17(12)19/h4-9,16,21H,3,10H2,1-2H3. The summed E-state index contributed by atoms with van der Waals surface area (Å²) in [6, 6.07) is 11.6. The molecule has 21 heavy (non-hydrogen) atoms. The van der Waals surface area contributed by atoms with Crippen LogP contribution in [0.5, 0.6) is 0 Å². The molecule has 1 N–H and O–H groups in total. The molecule has 0 saturated carbocycles.